The molecule has 2 fully saturated rings. The van der Waals surface area contributed by atoms with Crippen molar-refractivity contribution >= 4 is 34.5 Å². The molecule has 1 saturated heterocycles. The van der Waals surface area contributed by atoms with E-state index in [-0.39, 0.29) is 35.5 Å². The zero-order valence-electron chi connectivity index (χ0n) is 19.0. The molecular formula is C29H28N2O2. The highest BCUT2D eigenvalue weighted by atomic mass is 16.2. The summed E-state index contributed by atoms with van der Waals surface area (Å²) in [6.45, 7) is 12.1. The molecule has 4 unspecified atom stereocenters. The maximum atomic E-state index is 13.0. The third-order valence-corrected chi connectivity index (χ3v) is 7.36. The van der Waals surface area contributed by atoms with Gasteiger partial charge in [0.1, 0.15) is 0 Å². The molecule has 4 heteroatoms. The molecule has 1 aliphatic heterocycles. The summed E-state index contributed by atoms with van der Waals surface area (Å²) < 4.78 is 0. The minimum absolute atomic E-state index is 0.0538. The average Bonchev–Trinajstić information content (AvgIpc) is 3.49. The topological polar surface area (TPSA) is 49.4 Å². The van der Waals surface area contributed by atoms with E-state index < -0.39 is 0 Å². The van der Waals surface area contributed by atoms with Crippen molar-refractivity contribution in [3.8, 4) is 0 Å². The van der Waals surface area contributed by atoms with Crippen LogP contribution >= 0.6 is 0 Å². The van der Waals surface area contributed by atoms with Crippen molar-refractivity contribution in [2.45, 2.75) is 20.3 Å². The molecule has 3 aliphatic rings. The van der Waals surface area contributed by atoms with Crippen LogP contribution in [0.3, 0.4) is 0 Å². The van der Waals surface area contributed by atoms with Gasteiger partial charge in [-0.25, -0.2) is 0 Å². The number of carbonyl (C=O) groups is 2. The lowest BCUT2D eigenvalue weighted by atomic mass is 9.85. The van der Waals surface area contributed by atoms with Gasteiger partial charge < -0.3 is 5.32 Å². The highest BCUT2D eigenvalue weighted by Gasteiger charge is 2.59. The Kier molecular flexibility index (Phi) is 5.16. The number of hydrogen-bond donors (Lipinski definition) is 1. The van der Waals surface area contributed by atoms with Crippen LogP contribution in [0.15, 0.2) is 79.9 Å². The Bertz CT molecular complexity index is 1200. The van der Waals surface area contributed by atoms with Crippen molar-refractivity contribution < 1.29 is 9.59 Å². The van der Waals surface area contributed by atoms with E-state index in [0.717, 1.165) is 40.1 Å². The van der Waals surface area contributed by atoms with Crippen molar-refractivity contribution in [1.29, 1.82) is 0 Å². The van der Waals surface area contributed by atoms with E-state index in [0.29, 0.717) is 5.69 Å². The average molecular weight is 437 g/mol. The summed E-state index contributed by atoms with van der Waals surface area (Å²) >= 11 is 0. The molecule has 166 valence electrons. The van der Waals surface area contributed by atoms with Crippen molar-refractivity contribution in [3.63, 3.8) is 0 Å². The molecule has 2 aromatic rings. The van der Waals surface area contributed by atoms with Crippen molar-refractivity contribution in [3.05, 3.63) is 96.6 Å². The lowest BCUT2D eigenvalue weighted by Gasteiger charge is -2.19. The third-order valence-electron chi connectivity index (χ3n) is 7.36. The molecule has 4 nitrogen and oxygen atoms in total. The Morgan fingerprint density at radius 2 is 1.67 bits per heavy atom. The van der Waals surface area contributed by atoms with E-state index in [1.807, 2.05) is 42.5 Å². The van der Waals surface area contributed by atoms with Gasteiger partial charge in [0, 0.05) is 11.4 Å². The Morgan fingerprint density at radius 3 is 2.27 bits per heavy atom. The van der Waals surface area contributed by atoms with E-state index in [2.05, 4.69) is 50.5 Å². The van der Waals surface area contributed by atoms with E-state index >= 15 is 0 Å². The number of nitrogens with zero attached hydrogens (tertiary/aromatic N) is 1. The molecule has 5 rings (SSSR count). The van der Waals surface area contributed by atoms with E-state index in [9.17, 15) is 9.59 Å². The maximum absolute atomic E-state index is 13.0. The van der Waals surface area contributed by atoms with Crippen LogP contribution in [-0.4, -0.2) is 11.8 Å². The van der Waals surface area contributed by atoms with Crippen LogP contribution in [0.5, 0.6) is 0 Å². The van der Waals surface area contributed by atoms with Crippen molar-refractivity contribution in [2.24, 2.45) is 23.7 Å². The number of anilines is 2. The summed E-state index contributed by atoms with van der Waals surface area (Å²) in [6.07, 6.45) is 8.96. The largest absolute Gasteiger partial charge is 0.355 e. The van der Waals surface area contributed by atoms with Gasteiger partial charge in [0.15, 0.2) is 0 Å². The van der Waals surface area contributed by atoms with Gasteiger partial charge >= 0.3 is 0 Å². The van der Waals surface area contributed by atoms with E-state index in [4.69, 9.17) is 0 Å². The van der Waals surface area contributed by atoms with Crippen molar-refractivity contribution in [1.82, 2.24) is 0 Å². The fourth-order valence-electron chi connectivity index (χ4n) is 5.67. The molecule has 2 aromatic carbocycles. The fourth-order valence-corrected chi connectivity index (χ4v) is 5.67. The molecule has 1 heterocycles. The smallest absolute Gasteiger partial charge is 0.238 e. The third kappa shape index (κ3) is 3.37. The molecular weight excluding hydrogens is 408 g/mol. The number of benzene rings is 2. The van der Waals surface area contributed by atoms with Crippen LogP contribution in [0.25, 0.3) is 11.3 Å². The van der Waals surface area contributed by atoms with Crippen LogP contribution in [0.2, 0.25) is 0 Å². The standard InChI is InChI=1S/C29H28N2O2/c1-5-7-17(2)24-8-6-9-25(18(24)3)30-19(4)20-12-14-23(15-13-20)31-28(32)26-21-10-11-22(16-21)27(26)29(31)33/h5-15,21-22,26-27,30H,1,4,16H2,2-3H3/b17-7-. The number of carbonyl (C=O) groups excluding carboxylic acids is 2. The summed E-state index contributed by atoms with van der Waals surface area (Å²) in [6, 6.07) is 13.6. The van der Waals surface area contributed by atoms with Gasteiger partial charge in [-0.05, 0) is 72.6 Å². The number of imide groups is 1. The zero-order valence-corrected chi connectivity index (χ0v) is 19.0. The first-order valence-corrected chi connectivity index (χ1v) is 11.4. The molecule has 2 aliphatic carbocycles. The minimum Gasteiger partial charge on any atom is -0.355 e. The van der Waals surface area contributed by atoms with Gasteiger partial charge in [0.2, 0.25) is 11.8 Å². The quantitative estimate of drug-likeness (QED) is 0.344. The molecule has 1 saturated carbocycles. The normalized spacial score (nSPS) is 25.5. The van der Waals surface area contributed by atoms with E-state index in [1.165, 1.54) is 4.90 Å². The summed E-state index contributed by atoms with van der Waals surface area (Å²) in [5.41, 5.74) is 6.72. The molecule has 0 spiro atoms. The second kappa shape index (κ2) is 8.04. The Morgan fingerprint density at radius 1 is 1.03 bits per heavy atom. The first-order valence-electron chi connectivity index (χ1n) is 11.4. The van der Waals surface area contributed by atoms with Crippen molar-refractivity contribution in [2.75, 3.05) is 10.2 Å². The lowest BCUT2D eigenvalue weighted by Crippen LogP contribution is -2.32. The van der Waals surface area contributed by atoms with E-state index in [1.54, 1.807) is 6.08 Å². The second-order valence-corrected chi connectivity index (χ2v) is 9.23. The first kappa shape index (κ1) is 21.2. The lowest BCUT2D eigenvalue weighted by molar-refractivity contribution is -0.123. The molecule has 4 atom stereocenters. The van der Waals surface area contributed by atoms with Crippen LogP contribution in [-0.2, 0) is 9.59 Å². The molecule has 0 radical (unpaired) electrons. The molecule has 2 amide bonds. The van der Waals surface area contributed by atoms with Gasteiger partial charge in [0.05, 0.1) is 17.5 Å². The van der Waals surface area contributed by atoms with Gasteiger partial charge in [-0.2, -0.15) is 0 Å². The van der Waals surface area contributed by atoms with Crippen LogP contribution < -0.4 is 10.2 Å². The molecule has 2 bridgehead atoms. The summed E-state index contributed by atoms with van der Waals surface area (Å²) in [7, 11) is 0. The SMILES string of the molecule is C=C/C=C(/C)c1cccc(NC(=C)c2ccc(N3C(=O)C4C5C=CC(C5)C4C3=O)cc2)c1C. The van der Waals surface area contributed by atoms with Gasteiger partial charge in [-0.1, -0.05) is 61.7 Å². The second-order valence-electron chi connectivity index (χ2n) is 9.23. The molecule has 0 aromatic heterocycles. The van der Waals surface area contributed by atoms with Gasteiger partial charge in [-0.3, -0.25) is 14.5 Å². The predicted octanol–water partition coefficient (Wildman–Crippen LogP) is 5.98. The monoisotopic (exact) mass is 436 g/mol. The summed E-state index contributed by atoms with van der Waals surface area (Å²) in [5.74, 6) is -0.0403. The number of hydrogen-bond acceptors (Lipinski definition) is 3. The maximum Gasteiger partial charge on any atom is 0.238 e. The number of fused-ring (bicyclic) bond motifs is 5. The fraction of sp³-hybridized carbons (Fsp3) is 0.241. The summed E-state index contributed by atoms with van der Waals surface area (Å²) in [5, 5.41) is 3.42. The van der Waals surface area contributed by atoms with Crippen LogP contribution in [0.1, 0.15) is 30.0 Å². The Balaban J connectivity index is 1.34. The molecule has 1 N–H and O–H groups in total. The highest BCUT2D eigenvalue weighted by Crippen LogP contribution is 2.53. The van der Waals surface area contributed by atoms with Gasteiger partial charge in [0.25, 0.3) is 0 Å². The van der Waals surface area contributed by atoms with Crippen LogP contribution in [0, 0.1) is 30.6 Å². The first-order chi connectivity index (χ1) is 15.9. The van der Waals surface area contributed by atoms with Crippen LogP contribution in [0.4, 0.5) is 11.4 Å². The zero-order chi connectivity index (χ0) is 23.3. The number of nitrogens with one attached hydrogen (secondary N) is 1. The number of amides is 2. The number of allylic oxidation sites excluding steroid dienone is 5. The summed E-state index contributed by atoms with van der Waals surface area (Å²) in [4.78, 5) is 27.5. The Hall–Kier alpha value is -3.66. The highest BCUT2D eigenvalue weighted by molar-refractivity contribution is 6.22. The van der Waals surface area contributed by atoms with Gasteiger partial charge in [-0.15, -0.1) is 0 Å². The molecule has 33 heavy (non-hydrogen) atoms. The minimum atomic E-state index is -0.183. The Labute approximate surface area is 195 Å². The number of rotatable bonds is 6. The predicted molar refractivity (Wildman–Crippen MR) is 134 cm³/mol.